The van der Waals surface area contributed by atoms with Gasteiger partial charge in [-0.05, 0) is 74.4 Å². The van der Waals surface area contributed by atoms with Crippen LogP contribution in [0.5, 0.6) is 17.2 Å². The normalized spacial score (nSPS) is 15.3. The van der Waals surface area contributed by atoms with Gasteiger partial charge < -0.3 is 14.2 Å². The van der Waals surface area contributed by atoms with Crippen LogP contribution in [0.25, 0.3) is 5.57 Å². The number of allylic oxidation sites excluding steroid dienone is 2. The van der Waals surface area contributed by atoms with E-state index in [1.54, 1.807) is 19.9 Å². The van der Waals surface area contributed by atoms with Crippen LogP contribution in [-0.2, 0) is 6.61 Å². The lowest BCUT2D eigenvalue weighted by Crippen LogP contribution is -2.10. The first kappa shape index (κ1) is 27.4. The fourth-order valence-electron chi connectivity index (χ4n) is 4.49. The summed E-state index contributed by atoms with van der Waals surface area (Å²) in [4.78, 5) is 0. The second-order valence-electron chi connectivity index (χ2n) is 8.73. The molecule has 0 saturated heterocycles. The molecule has 1 unspecified atom stereocenters. The van der Waals surface area contributed by atoms with E-state index in [1.165, 1.54) is 30.3 Å². The smallest absolute Gasteiger partial charge is 0.204 e. The first-order chi connectivity index (χ1) is 18.3. The minimum atomic E-state index is -1.29. The molecule has 3 aromatic rings. The van der Waals surface area contributed by atoms with Crippen molar-refractivity contribution in [1.29, 1.82) is 0 Å². The molecule has 4 rings (SSSR count). The summed E-state index contributed by atoms with van der Waals surface area (Å²) in [7, 11) is 0. The Hall–Kier alpha value is -3.62. The quantitative estimate of drug-likeness (QED) is 0.258. The maximum atomic E-state index is 15.0. The highest BCUT2D eigenvalue weighted by molar-refractivity contribution is 5.68. The number of hydrogen-bond acceptors (Lipinski definition) is 3. The predicted molar refractivity (Wildman–Crippen MR) is 130 cm³/mol. The van der Waals surface area contributed by atoms with Gasteiger partial charge in [-0.1, -0.05) is 18.2 Å². The zero-order valence-corrected chi connectivity index (χ0v) is 20.9. The fourth-order valence-corrected chi connectivity index (χ4v) is 4.49. The fraction of sp³-hybridized carbons (Fsp3) is 0.310. The average Bonchev–Trinajstić information content (AvgIpc) is 2.92. The Bertz CT molecular complexity index is 1350. The van der Waals surface area contributed by atoms with Gasteiger partial charge in [0.15, 0.2) is 34.7 Å². The number of rotatable bonds is 9. The van der Waals surface area contributed by atoms with Crippen LogP contribution < -0.4 is 14.2 Å². The lowest BCUT2D eigenvalue weighted by Gasteiger charge is -2.24. The zero-order valence-electron chi connectivity index (χ0n) is 20.9. The van der Waals surface area contributed by atoms with Crippen molar-refractivity contribution in [2.24, 2.45) is 0 Å². The molecule has 0 aromatic heterocycles. The SMILES string of the molecule is CCOc1ccc(OCc2ccc(C3CC=C(c4ccc(OCC)c(F)c4F)CC3)c(F)c2F)c(F)c1F. The topological polar surface area (TPSA) is 27.7 Å². The van der Waals surface area contributed by atoms with E-state index in [9.17, 15) is 26.3 Å². The molecule has 0 N–H and O–H groups in total. The summed E-state index contributed by atoms with van der Waals surface area (Å²) >= 11 is 0. The highest BCUT2D eigenvalue weighted by Gasteiger charge is 2.26. The summed E-state index contributed by atoms with van der Waals surface area (Å²) in [6.45, 7) is 3.10. The van der Waals surface area contributed by atoms with Gasteiger partial charge in [-0.2, -0.15) is 13.2 Å². The minimum absolute atomic E-state index is 0.113. The molecule has 3 aromatic carbocycles. The Morgan fingerprint density at radius 2 is 1.24 bits per heavy atom. The van der Waals surface area contributed by atoms with Crippen molar-refractivity contribution in [3.63, 3.8) is 0 Å². The van der Waals surface area contributed by atoms with Crippen LogP contribution in [-0.4, -0.2) is 13.2 Å². The number of ether oxygens (including phenoxy) is 3. The lowest BCUT2D eigenvalue weighted by atomic mass is 9.82. The molecule has 1 aliphatic rings. The van der Waals surface area contributed by atoms with Crippen molar-refractivity contribution in [3.05, 3.63) is 94.1 Å². The van der Waals surface area contributed by atoms with Gasteiger partial charge in [-0.3, -0.25) is 0 Å². The van der Waals surface area contributed by atoms with E-state index >= 15 is 0 Å². The van der Waals surface area contributed by atoms with Gasteiger partial charge in [0.1, 0.15) is 6.61 Å². The third kappa shape index (κ3) is 5.47. The molecule has 0 saturated carbocycles. The van der Waals surface area contributed by atoms with Crippen molar-refractivity contribution < 1.29 is 40.6 Å². The molecule has 0 fully saturated rings. The molecule has 202 valence electrons. The predicted octanol–water partition coefficient (Wildman–Crippen LogP) is 8.25. The lowest BCUT2D eigenvalue weighted by molar-refractivity contribution is 0.269. The first-order valence-electron chi connectivity index (χ1n) is 12.3. The molecule has 0 bridgehead atoms. The molecular weight excluding hydrogens is 510 g/mol. The summed E-state index contributed by atoms with van der Waals surface area (Å²) in [5.74, 6) is -8.09. The van der Waals surface area contributed by atoms with E-state index in [4.69, 9.17) is 14.2 Å². The third-order valence-corrected chi connectivity index (χ3v) is 6.43. The average molecular weight is 537 g/mol. The second-order valence-corrected chi connectivity index (χ2v) is 8.73. The molecule has 0 radical (unpaired) electrons. The number of hydrogen-bond donors (Lipinski definition) is 0. The van der Waals surface area contributed by atoms with Gasteiger partial charge in [-0.15, -0.1) is 0 Å². The Labute approximate surface area is 216 Å². The highest BCUT2D eigenvalue weighted by Crippen LogP contribution is 2.39. The molecule has 1 atom stereocenters. The van der Waals surface area contributed by atoms with E-state index < -0.39 is 47.3 Å². The van der Waals surface area contributed by atoms with E-state index in [0.29, 0.717) is 24.8 Å². The van der Waals surface area contributed by atoms with Gasteiger partial charge in [0.2, 0.25) is 17.5 Å². The molecule has 9 heteroatoms. The van der Waals surface area contributed by atoms with Crippen LogP contribution >= 0.6 is 0 Å². The summed E-state index contributed by atoms with van der Waals surface area (Å²) in [6.07, 6.45) is 2.73. The number of benzene rings is 3. The molecule has 0 aliphatic heterocycles. The summed E-state index contributed by atoms with van der Waals surface area (Å²) < 4.78 is 102. The summed E-state index contributed by atoms with van der Waals surface area (Å²) in [6, 6.07) is 7.91. The van der Waals surface area contributed by atoms with Gasteiger partial charge in [0.25, 0.3) is 0 Å². The maximum absolute atomic E-state index is 15.0. The summed E-state index contributed by atoms with van der Waals surface area (Å²) in [5, 5.41) is 0. The summed E-state index contributed by atoms with van der Waals surface area (Å²) in [5.41, 5.74) is 0.662. The molecule has 0 heterocycles. The maximum Gasteiger partial charge on any atom is 0.204 e. The Balaban J connectivity index is 1.47. The van der Waals surface area contributed by atoms with Crippen molar-refractivity contribution in [2.45, 2.75) is 45.6 Å². The zero-order chi connectivity index (χ0) is 27.4. The third-order valence-electron chi connectivity index (χ3n) is 6.43. The minimum Gasteiger partial charge on any atom is -0.491 e. The van der Waals surface area contributed by atoms with Crippen molar-refractivity contribution in [1.82, 2.24) is 0 Å². The molecule has 38 heavy (non-hydrogen) atoms. The largest absolute Gasteiger partial charge is 0.491 e. The van der Waals surface area contributed by atoms with E-state index in [-0.39, 0.29) is 47.3 Å². The van der Waals surface area contributed by atoms with Crippen LogP contribution in [0.2, 0.25) is 0 Å². The van der Waals surface area contributed by atoms with Crippen molar-refractivity contribution in [2.75, 3.05) is 13.2 Å². The monoisotopic (exact) mass is 536 g/mol. The van der Waals surface area contributed by atoms with E-state index in [2.05, 4.69) is 0 Å². The highest BCUT2D eigenvalue weighted by atomic mass is 19.2. The van der Waals surface area contributed by atoms with Crippen LogP contribution in [0.4, 0.5) is 26.3 Å². The van der Waals surface area contributed by atoms with Crippen molar-refractivity contribution in [3.8, 4) is 17.2 Å². The first-order valence-corrected chi connectivity index (χ1v) is 12.3. The Morgan fingerprint density at radius 3 is 1.82 bits per heavy atom. The molecule has 0 spiro atoms. The van der Waals surface area contributed by atoms with Gasteiger partial charge in [-0.25, -0.2) is 13.2 Å². The van der Waals surface area contributed by atoms with Crippen LogP contribution in [0.1, 0.15) is 55.7 Å². The standard InChI is InChI=1S/C29H26F6O3/c1-3-36-21-12-11-20(26(32)27(21)33)17-7-5-16(6-8-17)19-10-9-18(24(30)25(19)31)15-38-23-14-13-22(37-4-2)28(34)29(23)35/h7,9-14,16H,3-6,8,15H2,1-2H3. The van der Waals surface area contributed by atoms with Crippen molar-refractivity contribution >= 4 is 5.57 Å². The Kier molecular flexibility index (Phi) is 8.54. The van der Waals surface area contributed by atoms with Crippen LogP contribution in [0.15, 0.2) is 42.5 Å². The van der Waals surface area contributed by atoms with Gasteiger partial charge in [0, 0.05) is 11.1 Å². The molecular formula is C29H26F6O3. The van der Waals surface area contributed by atoms with E-state index in [0.717, 1.165) is 6.07 Å². The Morgan fingerprint density at radius 1 is 0.658 bits per heavy atom. The molecule has 1 aliphatic carbocycles. The van der Waals surface area contributed by atoms with Gasteiger partial charge in [0.05, 0.1) is 13.2 Å². The number of halogens is 6. The van der Waals surface area contributed by atoms with Gasteiger partial charge >= 0.3 is 0 Å². The molecule has 3 nitrogen and oxygen atoms in total. The van der Waals surface area contributed by atoms with E-state index in [1.807, 2.05) is 0 Å². The second kappa shape index (κ2) is 11.8. The van der Waals surface area contributed by atoms with Crippen LogP contribution in [0, 0.1) is 34.9 Å². The molecule has 0 amide bonds. The van der Waals surface area contributed by atoms with Crippen LogP contribution in [0.3, 0.4) is 0 Å².